The fourth-order valence-electron chi connectivity index (χ4n) is 4.11. The molecular formula is C24H27ClN4O3S. The van der Waals surface area contributed by atoms with Crippen LogP contribution in [0.3, 0.4) is 0 Å². The molecule has 1 aliphatic heterocycles. The van der Waals surface area contributed by atoms with Crippen molar-refractivity contribution in [2.75, 3.05) is 32.7 Å². The largest absolute Gasteiger partial charge is 0.348 e. The summed E-state index contributed by atoms with van der Waals surface area (Å²) in [4.78, 5) is 19.1. The zero-order chi connectivity index (χ0) is 23.6. The van der Waals surface area contributed by atoms with E-state index >= 15 is 0 Å². The summed E-state index contributed by atoms with van der Waals surface area (Å²) in [6.45, 7) is 5.62. The van der Waals surface area contributed by atoms with Crippen molar-refractivity contribution in [1.82, 2.24) is 19.5 Å². The van der Waals surface area contributed by atoms with Gasteiger partial charge in [-0.25, -0.2) is 8.42 Å². The van der Waals surface area contributed by atoms with Crippen LogP contribution in [-0.4, -0.2) is 61.2 Å². The molecule has 1 N–H and O–H groups in total. The number of carbonyl (C=O) groups is 1. The van der Waals surface area contributed by atoms with Crippen molar-refractivity contribution in [3.05, 3.63) is 70.9 Å². The molecule has 4 rings (SSSR count). The number of hydrogen-bond donors (Lipinski definition) is 1. The summed E-state index contributed by atoms with van der Waals surface area (Å²) < 4.78 is 28.1. The van der Waals surface area contributed by atoms with Gasteiger partial charge in [0.2, 0.25) is 15.9 Å². The molecule has 0 radical (unpaired) electrons. The van der Waals surface area contributed by atoms with Gasteiger partial charge in [0.1, 0.15) is 4.90 Å². The summed E-state index contributed by atoms with van der Waals surface area (Å²) in [6.07, 6.45) is 1.68. The van der Waals surface area contributed by atoms with Gasteiger partial charge in [-0.15, -0.1) is 0 Å². The van der Waals surface area contributed by atoms with Crippen LogP contribution in [0.2, 0.25) is 5.02 Å². The predicted octanol–water partition coefficient (Wildman–Crippen LogP) is 3.38. The lowest BCUT2D eigenvalue weighted by atomic mass is 10.1. The first kappa shape index (κ1) is 23.6. The van der Waals surface area contributed by atoms with E-state index < -0.39 is 10.0 Å². The normalized spacial score (nSPS) is 16.6. The minimum Gasteiger partial charge on any atom is -0.348 e. The molecule has 0 aliphatic carbocycles. The Morgan fingerprint density at radius 3 is 2.58 bits per heavy atom. The number of sulfonamides is 1. The first-order valence-corrected chi connectivity index (χ1v) is 12.7. The van der Waals surface area contributed by atoms with E-state index in [-0.39, 0.29) is 23.4 Å². The van der Waals surface area contributed by atoms with Crippen LogP contribution in [0, 0.1) is 6.92 Å². The highest BCUT2D eigenvalue weighted by Gasteiger charge is 2.30. The van der Waals surface area contributed by atoms with Crippen LogP contribution in [-0.2, 0) is 14.8 Å². The average molecular weight is 487 g/mol. The Morgan fingerprint density at radius 1 is 1.12 bits per heavy atom. The van der Waals surface area contributed by atoms with Crippen molar-refractivity contribution in [2.24, 2.45) is 0 Å². The summed E-state index contributed by atoms with van der Waals surface area (Å²) in [5.74, 6) is -0.118. The number of carbonyl (C=O) groups excluding carboxylic acids is 1. The van der Waals surface area contributed by atoms with Gasteiger partial charge in [-0.05, 0) is 43.2 Å². The maximum Gasteiger partial charge on any atom is 0.245 e. The first-order valence-electron chi connectivity index (χ1n) is 10.9. The van der Waals surface area contributed by atoms with Crippen molar-refractivity contribution in [3.8, 4) is 0 Å². The van der Waals surface area contributed by atoms with Crippen LogP contribution in [0.25, 0.3) is 10.9 Å². The Kier molecular flexibility index (Phi) is 6.99. The molecular weight excluding hydrogens is 460 g/mol. The quantitative estimate of drug-likeness (QED) is 0.577. The molecule has 174 valence electrons. The number of rotatable bonds is 6. The Hall–Kier alpha value is -2.52. The van der Waals surface area contributed by atoms with E-state index in [2.05, 4.69) is 10.3 Å². The monoisotopic (exact) mass is 486 g/mol. The second-order valence-electron chi connectivity index (χ2n) is 8.33. The van der Waals surface area contributed by atoms with Crippen molar-refractivity contribution >= 4 is 38.4 Å². The smallest absolute Gasteiger partial charge is 0.245 e. The number of pyridine rings is 1. The summed E-state index contributed by atoms with van der Waals surface area (Å²) in [5.41, 5.74) is 2.33. The van der Waals surface area contributed by atoms with Crippen molar-refractivity contribution in [3.63, 3.8) is 0 Å². The van der Waals surface area contributed by atoms with E-state index in [1.165, 1.54) is 4.31 Å². The lowest BCUT2D eigenvalue weighted by Gasteiger charge is -2.33. The van der Waals surface area contributed by atoms with Gasteiger partial charge in [-0.1, -0.05) is 41.9 Å². The summed E-state index contributed by atoms with van der Waals surface area (Å²) in [7, 11) is -3.68. The molecule has 33 heavy (non-hydrogen) atoms. The molecule has 0 saturated carbocycles. The number of aromatic nitrogens is 1. The van der Waals surface area contributed by atoms with E-state index in [9.17, 15) is 13.2 Å². The number of benzene rings is 2. The van der Waals surface area contributed by atoms with Gasteiger partial charge in [-0.2, -0.15) is 4.31 Å². The number of aryl methyl sites for hydroxylation is 1. The van der Waals surface area contributed by atoms with Crippen LogP contribution in [0.5, 0.6) is 0 Å². The number of nitrogens with one attached hydrogen (secondary N) is 1. The summed E-state index contributed by atoms with van der Waals surface area (Å²) in [5, 5.41) is 4.39. The van der Waals surface area contributed by atoms with E-state index in [4.69, 9.17) is 11.6 Å². The van der Waals surface area contributed by atoms with Gasteiger partial charge in [0, 0.05) is 42.8 Å². The zero-order valence-electron chi connectivity index (χ0n) is 18.7. The molecule has 1 aliphatic rings. The van der Waals surface area contributed by atoms with Gasteiger partial charge in [-0.3, -0.25) is 14.7 Å². The van der Waals surface area contributed by atoms with E-state index in [1.54, 1.807) is 24.4 Å². The van der Waals surface area contributed by atoms with Crippen LogP contribution in [0.15, 0.2) is 59.6 Å². The fraction of sp³-hybridized carbons (Fsp3) is 0.333. The highest BCUT2D eigenvalue weighted by molar-refractivity contribution is 7.89. The molecule has 1 amide bonds. The Labute approximate surface area is 199 Å². The number of para-hydroxylation sites is 1. The molecule has 1 unspecified atom stereocenters. The van der Waals surface area contributed by atoms with Crippen LogP contribution >= 0.6 is 11.6 Å². The number of amides is 1. The fourth-order valence-corrected chi connectivity index (χ4v) is 6.00. The van der Waals surface area contributed by atoms with Crippen molar-refractivity contribution in [1.29, 1.82) is 0 Å². The predicted molar refractivity (Wildman–Crippen MR) is 130 cm³/mol. The minimum absolute atomic E-state index is 0.118. The molecule has 0 spiro atoms. The zero-order valence-corrected chi connectivity index (χ0v) is 20.2. The van der Waals surface area contributed by atoms with Gasteiger partial charge in [0.25, 0.3) is 0 Å². The number of nitrogens with zero attached hydrogens (tertiary/aromatic N) is 3. The molecule has 1 fully saturated rings. The Bertz CT molecular complexity index is 1270. The second-order valence-corrected chi connectivity index (χ2v) is 10.6. The maximum absolute atomic E-state index is 13.3. The SMILES string of the molecule is Cc1cnc2c(S(=O)(=O)N3CCN(CC(=O)NC(C)c4ccccc4Cl)CC3)cccc2c1. The van der Waals surface area contributed by atoms with Crippen molar-refractivity contribution in [2.45, 2.75) is 24.8 Å². The summed E-state index contributed by atoms with van der Waals surface area (Å²) in [6, 6.07) is 14.4. The molecule has 9 heteroatoms. The van der Waals surface area contributed by atoms with Crippen LogP contribution in [0.1, 0.15) is 24.1 Å². The minimum atomic E-state index is -3.68. The third kappa shape index (κ3) is 5.19. The third-order valence-corrected chi connectivity index (χ3v) is 8.15. The lowest BCUT2D eigenvalue weighted by molar-refractivity contribution is -0.123. The Morgan fingerprint density at radius 2 is 1.85 bits per heavy atom. The third-order valence-electron chi connectivity index (χ3n) is 5.88. The van der Waals surface area contributed by atoms with E-state index in [1.807, 2.05) is 49.1 Å². The second kappa shape index (κ2) is 9.77. The molecule has 2 heterocycles. The maximum atomic E-state index is 13.3. The summed E-state index contributed by atoms with van der Waals surface area (Å²) >= 11 is 6.22. The van der Waals surface area contributed by atoms with Gasteiger partial charge < -0.3 is 5.32 Å². The van der Waals surface area contributed by atoms with Crippen LogP contribution < -0.4 is 5.32 Å². The molecule has 7 nitrogen and oxygen atoms in total. The molecule has 3 aromatic rings. The van der Waals surface area contributed by atoms with Crippen LogP contribution in [0.4, 0.5) is 0 Å². The first-order chi connectivity index (χ1) is 15.8. The number of hydrogen-bond acceptors (Lipinski definition) is 5. The van der Waals surface area contributed by atoms with Gasteiger partial charge >= 0.3 is 0 Å². The number of piperazine rings is 1. The molecule has 1 saturated heterocycles. The lowest BCUT2D eigenvalue weighted by Crippen LogP contribution is -2.51. The van der Waals surface area contributed by atoms with E-state index in [0.29, 0.717) is 36.7 Å². The standard InChI is InChI=1S/C24H27ClN4O3S/c1-17-14-19-6-5-9-22(24(19)26-15-17)33(31,32)29-12-10-28(11-13-29)16-23(30)27-18(2)20-7-3-4-8-21(20)25/h3-9,14-15,18H,10-13,16H2,1-2H3,(H,27,30). The van der Waals surface area contributed by atoms with Gasteiger partial charge in [0.05, 0.1) is 18.1 Å². The molecule has 2 aromatic carbocycles. The molecule has 1 aromatic heterocycles. The molecule has 0 bridgehead atoms. The highest BCUT2D eigenvalue weighted by atomic mass is 35.5. The number of fused-ring (bicyclic) bond motifs is 1. The van der Waals surface area contributed by atoms with Crippen molar-refractivity contribution < 1.29 is 13.2 Å². The number of halogens is 1. The topological polar surface area (TPSA) is 82.6 Å². The van der Waals surface area contributed by atoms with E-state index in [0.717, 1.165) is 16.5 Å². The Balaban J connectivity index is 1.38. The highest BCUT2D eigenvalue weighted by Crippen LogP contribution is 2.26. The molecule has 1 atom stereocenters. The average Bonchev–Trinajstić information content (AvgIpc) is 2.79. The van der Waals surface area contributed by atoms with Gasteiger partial charge in [0.15, 0.2) is 0 Å².